The fraction of sp³-hybridized carbons (Fsp3) is 0.381. The van der Waals surface area contributed by atoms with Gasteiger partial charge >= 0.3 is 5.97 Å². The highest BCUT2D eigenvalue weighted by Crippen LogP contribution is 2.41. The fourth-order valence-electron chi connectivity index (χ4n) is 2.93. The second-order valence-corrected chi connectivity index (χ2v) is 7.96. The van der Waals surface area contributed by atoms with Gasteiger partial charge in [-0.3, -0.25) is 4.79 Å². The molecule has 0 aromatic heterocycles. The van der Waals surface area contributed by atoms with Gasteiger partial charge in [0.1, 0.15) is 11.5 Å². The lowest BCUT2D eigenvalue weighted by molar-refractivity contribution is -0.137. The van der Waals surface area contributed by atoms with E-state index in [1.54, 1.807) is 0 Å². The summed E-state index contributed by atoms with van der Waals surface area (Å²) in [5.41, 5.74) is 1.83. The maximum absolute atomic E-state index is 11.4. The van der Waals surface area contributed by atoms with Gasteiger partial charge in [0.05, 0.1) is 31.0 Å². The van der Waals surface area contributed by atoms with Crippen molar-refractivity contribution in [2.45, 2.75) is 31.2 Å². The number of carbonyl (C=O) groups is 1. The Hall–Kier alpha value is -2.54. The molecule has 3 N–H and O–H groups in total. The zero-order valence-electron chi connectivity index (χ0n) is 15.9. The average Bonchev–Trinajstić information content (AvgIpc) is 3.04. The summed E-state index contributed by atoms with van der Waals surface area (Å²) >= 11 is 1.50. The third-order valence-corrected chi connectivity index (χ3v) is 5.50. The lowest BCUT2D eigenvalue weighted by atomic mass is 10.3. The molecule has 28 heavy (non-hydrogen) atoms. The molecular formula is C21H26N2O4S. The summed E-state index contributed by atoms with van der Waals surface area (Å²) in [5, 5.41) is 15.9. The molecule has 0 saturated carbocycles. The van der Waals surface area contributed by atoms with Crippen molar-refractivity contribution in [3.05, 3.63) is 48.5 Å². The van der Waals surface area contributed by atoms with Crippen LogP contribution in [0.1, 0.15) is 26.2 Å². The molecule has 0 amide bonds. The van der Waals surface area contributed by atoms with Crippen molar-refractivity contribution in [1.82, 2.24) is 0 Å². The number of rotatable bonds is 11. The third kappa shape index (κ3) is 5.48. The zero-order valence-corrected chi connectivity index (χ0v) is 16.8. The number of carboxylic acids is 1. The van der Waals surface area contributed by atoms with Crippen molar-refractivity contribution in [1.29, 1.82) is 0 Å². The standard InChI is InChI=1S/C21H26N2O4S/c1-2-3-12-26-16-8-10-17(11-9-16)27-13-14-28-21(15-20(24)25)22-18-6-4-5-7-19(18)23-21/h4-11,22-23H,2-3,12-15H2,1H3,(H,24,25). The first-order chi connectivity index (χ1) is 13.6. The van der Waals surface area contributed by atoms with Crippen LogP contribution in [0, 0.1) is 0 Å². The Labute approximate surface area is 169 Å². The second-order valence-electron chi connectivity index (χ2n) is 6.56. The van der Waals surface area contributed by atoms with Crippen molar-refractivity contribution in [3.8, 4) is 11.5 Å². The number of carboxylic acid groups (broad SMARTS) is 1. The summed E-state index contributed by atoms with van der Waals surface area (Å²) < 4.78 is 11.4. The maximum Gasteiger partial charge on any atom is 0.308 e. The van der Waals surface area contributed by atoms with Crippen molar-refractivity contribution in [3.63, 3.8) is 0 Å². The Morgan fingerprint density at radius 1 is 1.00 bits per heavy atom. The van der Waals surface area contributed by atoms with Gasteiger partial charge in [-0.05, 0) is 42.8 Å². The number of benzene rings is 2. The molecule has 0 aliphatic carbocycles. The fourth-order valence-corrected chi connectivity index (χ4v) is 4.04. The van der Waals surface area contributed by atoms with Crippen LogP contribution in [0.25, 0.3) is 0 Å². The number of ether oxygens (including phenoxy) is 2. The molecule has 6 nitrogen and oxygen atoms in total. The summed E-state index contributed by atoms with van der Waals surface area (Å²) in [5.74, 6) is 1.38. The van der Waals surface area contributed by atoms with Crippen LogP contribution in [0.5, 0.6) is 11.5 Å². The van der Waals surface area contributed by atoms with Gasteiger partial charge in [-0.15, -0.1) is 11.8 Å². The molecule has 2 aromatic rings. The number of thioether (sulfide) groups is 1. The van der Waals surface area contributed by atoms with Crippen LogP contribution >= 0.6 is 11.8 Å². The molecule has 0 radical (unpaired) electrons. The van der Waals surface area contributed by atoms with Gasteiger partial charge in [-0.1, -0.05) is 25.5 Å². The lowest BCUT2D eigenvalue weighted by Gasteiger charge is -2.28. The van der Waals surface area contributed by atoms with Gasteiger partial charge < -0.3 is 25.2 Å². The molecule has 1 aliphatic rings. The van der Waals surface area contributed by atoms with Crippen LogP contribution in [0.3, 0.4) is 0 Å². The number of aliphatic carboxylic acids is 1. The van der Waals surface area contributed by atoms with E-state index in [9.17, 15) is 9.90 Å². The molecule has 0 fully saturated rings. The highest BCUT2D eigenvalue weighted by molar-refractivity contribution is 8.00. The van der Waals surface area contributed by atoms with E-state index in [1.807, 2.05) is 48.5 Å². The first kappa shape index (κ1) is 20.2. The van der Waals surface area contributed by atoms with Crippen LogP contribution in [0.15, 0.2) is 48.5 Å². The molecule has 0 bridgehead atoms. The number of fused-ring (bicyclic) bond motifs is 1. The predicted molar refractivity (Wildman–Crippen MR) is 113 cm³/mol. The number of para-hydroxylation sites is 2. The summed E-state index contributed by atoms with van der Waals surface area (Å²) in [7, 11) is 0. The molecule has 0 unspecified atom stereocenters. The van der Waals surface area contributed by atoms with Crippen LogP contribution in [-0.4, -0.2) is 35.0 Å². The third-order valence-electron chi connectivity index (χ3n) is 4.29. The lowest BCUT2D eigenvalue weighted by Crippen LogP contribution is -2.41. The van der Waals surface area contributed by atoms with Crippen LogP contribution in [-0.2, 0) is 4.79 Å². The average molecular weight is 403 g/mol. The Morgan fingerprint density at radius 3 is 2.11 bits per heavy atom. The van der Waals surface area contributed by atoms with Crippen LogP contribution < -0.4 is 20.1 Å². The molecule has 3 rings (SSSR count). The largest absolute Gasteiger partial charge is 0.494 e. The van der Waals surface area contributed by atoms with E-state index < -0.39 is 11.0 Å². The van der Waals surface area contributed by atoms with E-state index in [1.165, 1.54) is 11.8 Å². The van der Waals surface area contributed by atoms with Gasteiger partial charge in [0, 0.05) is 5.75 Å². The van der Waals surface area contributed by atoms with Gasteiger partial charge in [0.15, 0.2) is 4.99 Å². The number of anilines is 2. The molecule has 0 atom stereocenters. The zero-order chi connectivity index (χ0) is 19.8. The smallest absolute Gasteiger partial charge is 0.308 e. The number of hydrogen-bond acceptors (Lipinski definition) is 6. The van der Waals surface area contributed by atoms with E-state index in [4.69, 9.17) is 9.47 Å². The van der Waals surface area contributed by atoms with Crippen LogP contribution in [0.4, 0.5) is 11.4 Å². The molecular weight excluding hydrogens is 376 g/mol. The predicted octanol–water partition coefficient (Wildman–Crippen LogP) is 4.64. The highest BCUT2D eigenvalue weighted by Gasteiger charge is 2.38. The van der Waals surface area contributed by atoms with E-state index in [-0.39, 0.29) is 6.42 Å². The van der Waals surface area contributed by atoms with Crippen molar-refractivity contribution >= 4 is 29.1 Å². The Bertz CT molecular complexity index is 757. The van der Waals surface area contributed by atoms with Crippen molar-refractivity contribution in [2.75, 3.05) is 29.6 Å². The summed E-state index contributed by atoms with van der Waals surface area (Å²) in [6.45, 7) is 3.33. The molecule has 150 valence electrons. The quantitative estimate of drug-likeness (QED) is 0.472. The first-order valence-electron chi connectivity index (χ1n) is 9.47. The SMILES string of the molecule is CCCCOc1ccc(OCCSC2(CC(=O)O)Nc3ccccc3N2)cc1. The minimum Gasteiger partial charge on any atom is -0.494 e. The van der Waals surface area contributed by atoms with E-state index in [0.717, 1.165) is 42.3 Å². The monoisotopic (exact) mass is 402 g/mol. The highest BCUT2D eigenvalue weighted by atomic mass is 32.2. The number of hydrogen-bond donors (Lipinski definition) is 3. The minimum atomic E-state index is -0.861. The van der Waals surface area contributed by atoms with E-state index in [0.29, 0.717) is 12.4 Å². The minimum absolute atomic E-state index is 0.0455. The maximum atomic E-state index is 11.4. The topological polar surface area (TPSA) is 79.8 Å². The molecule has 7 heteroatoms. The van der Waals surface area contributed by atoms with Gasteiger partial charge in [0.25, 0.3) is 0 Å². The van der Waals surface area contributed by atoms with Gasteiger partial charge in [-0.2, -0.15) is 0 Å². The van der Waals surface area contributed by atoms with E-state index in [2.05, 4.69) is 17.6 Å². The van der Waals surface area contributed by atoms with Gasteiger partial charge in [-0.25, -0.2) is 0 Å². The number of unbranched alkanes of at least 4 members (excludes halogenated alkanes) is 1. The molecule has 1 aliphatic heterocycles. The van der Waals surface area contributed by atoms with E-state index >= 15 is 0 Å². The van der Waals surface area contributed by atoms with Crippen molar-refractivity contribution < 1.29 is 19.4 Å². The molecule has 2 aromatic carbocycles. The van der Waals surface area contributed by atoms with Crippen molar-refractivity contribution in [2.24, 2.45) is 0 Å². The Balaban J connectivity index is 1.48. The second kappa shape index (κ2) is 9.59. The first-order valence-corrected chi connectivity index (χ1v) is 10.5. The normalized spacial score (nSPS) is 13.9. The van der Waals surface area contributed by atoms with Gasteiger partial charge in [0.2, 0.25) is 0 Å². The summed E-state index contributed by atoms with van der Waals surface area (Å²) in [6.07, 6.45) is 2.10. The molecule has 0 saturated heterocycles. The Morgan fingerprint density at radius 2 is 1.57 bits per heavy atom. The summed E-state index contributed by atoms with van der Waals surface area (Å²) in [4.78, 5) is 10.6. The Kier molecular flexibility index (Phi) is 6.92. The van der Waals surface area contributed by atoms with Crippen LogP contribution in [0.2, 0.25) is 0 Å². The molecule has 0 spiro atoms. The molecule has 1 heterocycles. The number of nitrogens with one attached hydrogen (secondary N) is 2. The summed E-state index contributed by atoms with van der Waals surface area (Å²) in [6, 6.07) is 15.3.